The van der Waals surface area contributed by atoms with Gasteiger partial charge in [-0.15, -0.1) is 11.3 Å². The number of hydrogen-bond donors (Lipinski definition) is 1. The maximum atomic E-state index is 12.2. The van der Waals surface area contributed by atoms with Gasteiger partial charge >= 0.3 is 0 Å². The summed E-state index contributed by atoms with van der Waals surface area (Å²) in [7, 11) is 1.54. The van der Waals surface area contributed by atoms with Crippen molar-refractivity contribution in [3.63, 3.8) is 0 Å². The SMILES string of the molecule is Cn1nc(C(=O)NC2CCN(Cc3cccs3)CC2)ccc1=O. The molecule has 1 aliphatic rings. The van der Waals surface area contributed by atoms with Crippen molar-refractivity contribution >= 4 is 17.2 Å². The van der Waals surface area contributed by atoms with Crippen LogP contribution in [0, 0.1) is 0 Å². The summed E-state index contributed by atoms with van der Waals surface area (Å²) in [5.74, 6) is -0.211. The molecule has 3 rings (SSSR count). The van der Waals surface area contributed by atoms with E-state index in [1.165, 1.54) is 21.7 Å². The van der Waals surface area contributed by atoms with Crippen LogP contribution in [0.15, 0.2) is 34.4 Å². The number of piperidine rings is 1. The van der Waals surface area contributed by atoms with E-state index in [9.17, 15) is 9.59 Å². The Labute approximate surface area is 138 Å². The third-order valence-corrected chi connectivity index (χ3v) is 4.94. The number of aromatic nitrogens is 2. The van der Waals surface area contributed by atoms with Crippen molar-refractivity contribution in [2.24, 2.45) is 7.05 Å². The van der Waals surface area contributed by atoms with Crippen LogP contribution >= 0.6 is 11.3 Å². The molecule has 2 aromatic heterocycles. The fourth-order valence-electron chi connectivity index (χ4n) is 2.74. The quantitative estimate of drug-likeness (QED) is 0.915. The molecule has 23 heavy (non-hydrogen) atoms. The van der Waals surface area contributed by atoms with Crippen LogP contribution < -0.4 is 10.9 Å². The minimum absolute atomic E-state index is 0.168. The Bertz CT molecular complexity index is 718. The summed E-state index contributed by atoms with van der Waals surface area (Å²) in [6.45, 7) is 2.94. The first-order valence-corrected chi connectivity index (χ1v) is 8.60. The van der Waals surface area contributed by atoms with Crippen LogP contribution in [0.2, 0.25) is 0 Å². The van der Waals surface area contributed by atoms with Gasteiger partial charge in [0.2, 0.25) is 0 Å². The van der Waals surface area contributed by atoms with Crippen molar-refractivity contribution in [3.05, 3.63) is 50.6 Å². The molecule has 1 amide bonds. The first kappa shape index (κ1) is 15.9. The van der Waals surface area contributed by atoms with E-state index in [-0.39, 0.29) is 23.2 Å². The highest BCUT2D eigenvalue weighted by molar-refractivity contribution is 7.09. The molecule has 0 saturated carbocycles. The summed E-state index contributed by atoms with van der Waals surface area (Å²) in [6, 6.07) is 7.24. The molecule has 0 radical (unpaired) electrons. The average Bonchev–Trinajstić information content (AvgIpc) is 3.05. The molecule has 2 aromatic rings. The smallest absolute Gasteiger partial charge is 0.271 e. The van der Waals surface area contributed by atoms with Gasteiger partial charge in [0.1, 0.15) is 5.69 Å². The fraction of sp³-hybridized carbons (Fsp3) is 0.438. The second-order valence-corrected chi connectivity index (χ2v) is 6.82. The van der Waals surface area contributed by atoms with Gasteiger partial charge in [0.15, 0.2) is 0 Å². The van der Waals surface area contributed by atoms with E-state index in [2.05, 4.69) is 32.8 Å². The Balaban J connectivity index is 1.51. The highest BCUT2D eigenvalue weighted by atomic mass is 32.1. The highest BCUT2D eigenvalue weighted by Gasteiger charge is 2.22. The van der Waals surface area contributed by atoms with Crippen molar-refractivity contribution in [1.82, 2.24) is 20.0 Å². The predicted molar refractivity (Wildman–Crippen MR) is 89.6 cm³/mol. The molecule has 6 nitrogen and oxygen atoms in total. The molecule has 1 N–H and O–H groups in total. The summed E-state index contributed by atoms with van der Waals surface area (Å²) in [5.41, 5.74) is 0.0663. The average molecular weight is 332 g/mol. The standard InChI is InChI=1S/C16H20N4O2S/c1-19-15(21)5-4-14(18-19)16(22)17-12-6-8-20(9-7-12)11-13-3-2-10-23-13/h2-5,10,12H,6-9,11H2,1H3,(H,17,22). The number of nitrogens with zero attached hydrogens (tertiary/aromatic N) is 3. The summed E-state index contributed by atoms with van der Waals surface area (Å²) in [5, 5.41) is 9.11. The first-order chi connectivity index (χ1) is 11.1. The van der Waals surface area contributed by atoms with Crippen molar-refractivity contribution in [2.45, 2.75) is 25.4 Å². The van der Waals surface area contributed by atoms with E-state index in [1.54, 1.807) is 18.4 Å². The molecule has 0 aliphatic carbocycles. The fourth-order valence-corrected chi connectivity index (χ4v) is 3.49. The number of carbonyl (C=O) groups excluding carboxylic acids is 1. The van der Waals surface area contributed by atoms with Gasteiger partial charge in [-0.2, -0.15) is 5.10 Å². The number of rotatable bonds is 4. The first-order valence-electron chi connectivity index (χ1n) is 7.72. The molecular formula is C16H20N4O2S. The summed E-state index contributed by atoms with van der Waals surface area (Å²) in [4.78, 5) is 27.3. The van der Waals surface area contributed by atoms with Gasteiger partial charge in [-0.3, -0.25) is 14.5 Å². The number of likely N-dealkylation sites (tertiary alicyclic amines) is 1. The molecule has 0 unspecified atom stereocenters. The summed E-state index contributed by atoms with van der Waals surface area (Å²) >= 11 is 1.78. The zero-order valence-corrected chi connectivity index (χ0v) is 13.9. The second-order valence-electron chi connectivity index (χ2n) is 5.78. The van der Waals surface area contributed by atoms with Crippen molar-refractivity contribution < 1.29 is 4.79 Å². The lowest BCUT2D eigenvalue weighted by atomic mass is 10.0. The maximum absolute atomic E-state index is 12.2. The van der Waals surface area contributed by atoms with Gasteiger partial charge in [-0.05, 0) is 30.4 Å². The molecule has 1 saturated heterocycles. The molecule has 0 aromatic carbocycles. The maximum Gasteiger partial charge on any atom is 0.271 e. The molecule has 122 valence electrons. The van der Waals surface area contributed by atoms with E-state index in [4.69, 9.17) is 0 Å². The van der Waals surface area contributed by atoms with E-state index in [1.807, 2.05) is 0 Å². The monoisotopic (exact) mass is 332 g/mol. The minimum atomic E-state index is -0.219. The van der Waals surface area contributed by atoms with Gasteiger partial charge in [-0.1, -0.05) is 6.07 Å². The van der Waals surface area contributed by atoms with Crippen LogP contribution in [0.3, 0.4) is 0 Å². The molecule has 7 heteroatoms. The highest BCUT2D eigenvalue weighted by Crippen LogP contribution is 2.17. The van der Waals surface area contributed by atoms with Crippen molar-refractivity contribution in [2.75, 3.05) is 13.1 Å². The zero-order chi connectivity index (χ0) is 16.2. The van der Waals surface area contributed by atoms with Crippen LogP contribution in [0.4, 0.5) is 0 Å². The normalized spacial score (nSPS) is 16.4. The number of amides is 1. The molecular weight excluding hydrogens is 312 g/mol. The number of nitrogens with one attached hydrogen (secondary N) is 1. The largest absolute Gasteiger partial charge is 0.348 e. The van der Waals surface area contributed by atoms with Crippen LogP contribution in [0.25, 0.3) is 0 Å². The van der Waals surface area contributed by atoms with Gasteiger partial charge in [0.25, 0.3) is 11.5 Å². The van der Waals surface area contributed by atoms with Crippen LogP contribution in [-0.2, 0) is 13.6 Å². The van der Waals surface area contributed by atoms with Gasteiger partial charge in [0, 0.05) is 43.7 Å². The number of carbonyl (C=O) groups is 1. The van der Waals surface area contributed by atoms with E-state index < -0.39 is 0 Å². The molecule has 0 bridgehead atoms. The number of hydrogen-bond acceptors (Lipinski definition) is 5. The summed E-state index contributed by atoms with van der Waals surface area (Å²) in [6.07, 6.45) is 1.87. The molecule has 1 fully saturated rings. The molecule has 1 aliphatic heterocycles. The third kappa shape index (κ3) is 4.05. The van der Waals surface area contributed by atoms with E-state index in [0.29, 0.717) is 0 Å². The topological polar surface area (TPSA) is 67.2 Å². The number of thiophene rings is 1. The Morgan fingerprint density at radius 1 is 1.35 bits per heavy atom. The van der Waals surface area contributed by atoms with E-state index in [0.717, 1.165) is 32.5 Å². The Morgan fingerprint density at radius 3 is 2.78 bits per heavy atom. The van der Waals surface area contributed by atoms with Crippen LogP contribution in [0.5, 0.6) is 0 Å². The van der Waals surface area contributed by atoms with Gasteiger partial charge in [0.05, 0.1) is 0 Å². The van der Waals surface area contributed by atoms with Crippen LogP contribution in [-0.4, -0.2) is 39.7 Å². The second kappa shape index (κ2) is 7.06. The van der Waals surface area contributed by atoms with E-state index >= 15 is 0 Å². The lowest BCUT2D eigenvalue weighted by Gasteiger charge is -2.31. The number of aryl methyl sites for hydroxylation is 1. The predicted octanol–water partition coefficient (Wildman–Crippen LogP) is 1.24. The van der Waals surface area contributed by atoms with Crippen molar-refractivity contribution in [1.29, 1.82) is 0 Å². The van der Waals surface area contributed by atoms with Crippen molar-refractivity contribution in [3.8, 4) is 0 Å². The minimum Gasteiger partial charge on any atom is -0.348 e. The summed E-state index contributed by atoms with van der Waals surface area (Å²) < 4.78 is 1.18. The van der Waals surface area contributed by atoms with Gasteiger partial charge in [-0.25, -0.2) is 4.68 Å². The van der Waals surface area contributed by atoms with Crippen LogP contribution in [0.1, 0.15) is 28.2 Å². The zero-order valence-electron chi connectivity index (χ0n) is 13.1. The molecule has 0 atom stereocenters. The Morgan fingerprint density at radius 2 is 2.13 bits per heavy atom. The lowest BCUT2D eigenvalue weighted by Crippen LogP contribution is -2.44. The van der Waals surface area contributed by atoms with Gasteiger partial charge < -0.3 is 5.32 Å². The molecule has 3 heterocycles. The Kier molecular flexibility index (Phi) is 4.88. The Hall–Kier alpha value is -1.99. The lowest BCUT2D eigenvalue weighted by molar-refractivity contribution is 0.0902. The third-order valence-electron chi connectivity index (χ3n) is 4.08. The molecule has 0 spiro atoms.